The van der Waals surface area contributed by atoms with Crippen LogP contribution in [0.4, 0.5) is 0 Å². The van der Waals surface area contributed by atoms with Crippen LogP contribution in [-0.4, -0.2) is 55.9 Å². The summed E-state index contributed by atoms with van der Waals surface area (Å²) in [5.41, 5.74) is 4.82. The molecule has 1 unspecified atom stereocenters. The molecular weight excluding hydrogens is 540 g/mol. The molecule has 0 aromatic heterocycles. The molecule has 42 heavy (non-hydrogen) atoms. The van der Waals surface area contributed by atoms with Crippen LogP contribution < -0.4 is 0 Å². The van der Waals surface area contributed by atoms with E-state index in [2.05, 4.69) is 57.5 Å². The normalized spacial score (nSPS) is 20.0. The van der Waals surface area contributed by atoms with E-state index in [1.54, 1.807) is 0 Å². The lowest BCUT2D eigenvalue weighted by atomic mass is 9.89. The summed E-state index contributed by atoms with van der Waals surface area (Å²) in [5, 5.41) is 11.1. The molecule has 0 spiro atoms. The zero-order valence-electron chi connectivity index (χ0n) is 27.0. The molecule has 5 nitrogen and oxygen atoms in total. The number of rotatable bonds is 12. The number of benzene rings is 2. The van der Waals surface area contributed by atoms with Crippen LogP contribution in [0.15, 0.2) is 48.5 Å². The maximum absolute atomic E-state index is 13.2. The number of carbonyl (C=O) groups excluding carboxylic acids is 1. The molecular formula is C36H50O5Si. The molecule has 228 valence electrons. The Morgan fingerprint density at radius 1 is 1.10 bits per heavy atom. The third kappa shape index (κ3) is 10.3. The molecule has 0 radical (unpaired) electrons. The van der Waals surface area contributed by atoms with E-state index in [0.29, 0.717) is 24.1 Å². The van der Waals surface area contributed by atoms with Gasteiger partial charge in [0, 0.05) is 17.7 Å². The van der Waals surface area contributed by atoms with Crippen LogP contribution >= 0.6 is 0 Å². The first kappa shape index (κ1) is 34.0. The van der Waals surface area contributed by atoms with E-state index in [9.17, 15) is 9.90 Å². The summed E-state index contributed by atoms with van der Waals surface area (Å²) in [7, 11) is -1.41. The Bertz CT molecular complexity index is 1280. The molecule has 1 fully saturated rings. The molecule has 1 heterocycles. The smallest absolute Gasteiger partial charge is 0.189 e. The highest BCUT2D eigenvalue weighted by molar-refractivity contribution is 6.76. The van der Waals surface area contributed by atoms with Crippen LogP contribution in [0.1, 0.15) is 66.7 Å². The molecule has 1 saturated heterocycles. The minimum absolute atomic E-state index is 0.00855. The number of hydrogen-bond acceptors (Lipinski definition) is 5. The van der Waals surface area contributed by atoms with Gasteiger partial charge in [0.15, 0.2) is 11.6 Å². The molecule has 0 bridgehead atoms. The van der Waals surface area contributed by atoms with E-state index < -0.39 is 26.1 Å². The second-order valence-electron chi connectivity index (χ2n) is 13.6. The van der Waals surface area contributed by atoms with Gasteiger partial charge in [0.2, 0.25) is 0 Å². The first-order valence-electron chi connectivity index (χ1n) is 15.1. The monoisotopic (exact) mass is 590 g/mol. The Morgan fingerprint density at radius 3 is 2.43 bits per heavy atom. The van der Waals surface area contributed by atoms with Crippen molar-refractivity contribution in [2.24, 2.45) is 11.8 Å². The van der Waals surface area contributed by atoms with Gasteiger partial charge in [-0.25, -0.2) is 0 Å². The molecule has 1 aliphatic heterocycles. The summed E-state index contributed by atoms with van der Waals surface area (Å²) in [6.07, 6.45) is 4.03. The SMILES string of the molecule is Cc1cc(C)c(C(=O)COC[Si](C)(C)C)c(/C=C/C[C@@H]2OC(C)(C)O[C@@H]2C(O)C#C[C@@H](Cc2ccccc2)C(C)C)c1. The Kier molecular flexibility index (Phi) is 11.9. The van der Waals surface area contributed by atoms with E-state index in [4.69, 9.17) is 14.2 Å². The summed E-state index contributed by atoms with van der Waals surface area (Å²) in [5.74, 6) is 6.04. The summed E-state index contributed by atoms with van der Waals surface area (Å²) in [6, 6.07) is 14.4. The van der Waals surface area contributed by atoms with Crippen molar-refractivity contribution >= 4 is 19.9 Å². The van der Waals surface area contributed by atoms with Crippen molar-refractivity contribution < 1.29 is 24.1 Å². The van der Waals surface area contributed by atoms with Crippen LogP contribution in [0.3, 0.4) is 0 Å². The Morgan fingerprint density at radius 2 is 1.79 bits per heavy atom. The Balaban J connectivity index is 1.74. The molecule has 2 aromatic rings. The van der Waals surface area contributed by atoms with Crippen molar-refractivity contribution in [1.82, 2.24) is 0 Å². The van der Waals surface area contributed by atoms with Crippen LogP contribution in [0, 0.1) is 37.5 Å². The second-order valence-corrected chi connectivity index (χ2v) is 19.0. The molecule has 1 N–H and O–H groups in total. The highest BCUT2D eigenvalue weighted by Gasteiger charge is 2.43. The van der Waals surface area contributed by atoms with Crippen LogP contribution in [-0.2, 0) is 20.6 Å². The predicted molar refractivity (Wildman–Crippen MR) is 174 cm³/mol. The third-order valence-corrected chi connectivity index (χ3v) is 8.35. The van der Waals surface area contributed by atoms with Gasteiger partial charge in [0.25, 0.3) is 0 Å². The highest BCUT2D eigenvalue weighted by atomic mass is 28.3. The van der Waals surface area contributed by atoms with Crippen molar-refractivity contribution in [3.63, 3.8) is 0 Å². The first-order valence-corrected chi connectivity index (χ1v) is 18.8. The van der Waals surface area contributed by atoms with Crippen LogP contribution in [0.2, 0.25) is 19.6 Å². The average Bonchev–Trinajstić information content (AvgIpc) is 3.19. The van der Waals surface area contributed by atoms with Gasteiger partial charge in [-0.15, -0.1) is 0 Å². The number of ether oxygens (including phenoxy) is 3. The maximum atomic E-state index is 13.2. The minimum atomic E-state index is -1.41. The van der Waals surface area contributed by atoms with E-state index in [-0.39, 0.29) is 24.4 Å². The molecule has 0 saturated carbocycles. The first-order chi connectivity index (χ1) is 19.6. The van der Waals surface area contributed by atoms with Crippen LogP contribution in [0.25, 0.3) is 6.08 Å². The van der Waals surface area contributed by atoms with Crippen molar-refractivity contribution in [3.05, 3.63) is 76.4 Å². The van der Waals surface area contributed by atoms with Gasteiger partial charge >= 0.3 is 0 Å². The number of aliphatic hydroxyl groups is 1. The molecule has 6 heteroatoms. The fourth-order valence-electron chi connectivity index (χ4n) is 5.27. The summed E-state index contributed by atoms with van der Waals surface area (Å²) in [6.45, 7) is 18.8. The number of aliphatic hydroxyl groups excluding tert-OH is 1. The average molecular weight is 591 g/mol. The zero-order valence-corrected chi connectivity index (χ0v) is 28.0. The van der Waals surface area contributed by atoms with Gasteiger partial charge in [-0.1, -0.05) is 106 Å². The lowest BCUT2D eigenvalue weighted by Gasteiger charge is -2.19. The van der Waals surface area contributed by atoms with Crippen molar-refractivity contribution in [3.8, 4) is 11.8 Å². The van der Waals surface area contributed by atoms with Gasteiger partial charge in [-0.05, 0) is 63.1 Å². The summed E-state index contributed by atoms with van der Waals surface area (Å²) >= 11 is 0. The van der Waals surface area contributed by atoms with Gasteiger partial charge < -0.3 is 19.3 Å². The molecule has 3 rings (SSSR count). The Labute approximate surface area is 254 Å². The third-order valence-electron chi connectivity index (χ3n) is 7.28. The lowest BCUT2D eigenvalue weighted by molar-refractivity contribution is -0.151. The largest absolute Gasteiger partial charge is 0.378 e. The summed E-state index contributed by atoms with van der Waals surface area (Å²) < 4.78 is 18.1. The standard InChI is InChI=1S/C36H50O5Si/c1-25(2)29(22-28-14-11-10-12-15-28)18-19-31(37)35-33(40-36(5,6)41-35)17-13-16-30-21-26(3)20-27(4)34(30)32(38)23-39-24-42(7,8)9/h10-16,20-21,25,29,31,33,35,37H,17,22-24H2,1-9H3/b16-13+/t29-,31?,33-,35+/m0/s1. The molecule has 1 aliphatic rings. The van der Waals surface area contributed by atoms with Gasteiger partial charge in [-0.2, -0.15) is 0 Å². The van der Waals surface area contributed by atoms with Gasteiger partial charge in [0.1, 0.15) is 18.8 Å². The van der Waals surface area contributed by atoms with E-state index >= 15 is 0 Å². The topological polar surface area (TPSA) is 65.0 Å². The van der Waals surface area contributed by atoms with Crippen LogP contribution in [0.5, 0.6) is 0 Å². The van der Waals surface area contributed by atoms with Gasteiger partial charge in [-0.3, -0.25) is 4.79 Å². The number of Topliss-reactive ketones (excluding diaryl/α,β-unsaturated/α-hetero) is 1. The quantitative estimate of drug-likeness (QED) is 0.161. The molecule has 0 aliphatic carbocycles. The highest BCUT2D eigenvalue weighted by Crippen LogP contribution is 2.32. The number of aryl methyl sites for hydroxylation is 2. The molecule has 2 aromatic carbocycles. The maximum Gasteiger partial charge on any atom is 0.189 e. The predicted octanol–water partition coefficient (Wildman–Crippen LogP) is 7.18. The van der Waals surface area contributed by atoms with E-state index in [0.717, 1.165) is 23.1 Å². The zero-order chi connectivity index (χ0) is 31.1. The van der Waals surface area contributed by atoms with Crippen molar-refractivity contribution in [2.45, 2.75) is 98.1 Å². The fraction of sp³-hybridized carbons (Fsp3) is 0.528. The minimum Gasteiger partial charge on any atom is -0.378 e. The van der Waals surface area contributed by atoms with E-state index in [1.165, 1.54) is 5.56 Å². The summed E-state index contributed by atoms with van der Waals surface area (Å²) in [4.78, 5) is 13.2. The fourth-order valence-corrected chi connectivity index (χ4v) is 5.99. The van der Waals surface area contributed by atoms with E-state index in [1.807, 2.05) is 70.2 Å². The molecule has 4 atom stereocenters. The lowest BCUT2D eigenvalue weighted by Crippen LogP contribution is -2.34. The number of ketones is 1. The Hall–Kier alpha value is -2.53. The second kappa shape index (κ2) is 14.8. The van der Waals surface area contributed by atoms with Crippen molar-refractivity contribution in [2.75, 3.05) is 12.8 Å². The van der Waals surface area contributed by atoms with Crippen molar-refractivity contribution in [1.29, 1.82) is 0 Å². The number of hydrogen-bond donors (Lipinski definition) is 1. The molecule has 0 amide bonds. The number of carbonyl (C=O) groups is 1. The van der Waals surface area contributed by atoms with Gasteiger partial charge in [0.05, 0.1) is 14.2 Å².